The quantitative estimate of drug-likeness (QED) is 0.136. The summed E-state index contributed by atoms with van der Waals surface area (Å²) in [7, 11) is 0. The first-order chi connectivity index (χ1) is 24.6. The standard InChI is InChI=1S/C46H37N3S/c1-46-25-12-11-22-41(46)40-28-43-39(29-44(40)50-46)38-27-35(34-18-9-4-10-19-34)23-24-42(38)49(43)37-21-13-20-36(26-37)45(47-30-32-14-5-2-6-15-32)48-31-33-16-7-3-8-17-33/h2-29,41H,30-31H2,1H3,(H,47,48). The van der Waals surface area contributed by atoms with Gasteiger partial charge in [0, 0.05) is 44.1 Å². The van der Waals surface area contributed by atoms with Crippen LogP contribution in [0.15, 0.2) is 180 Å². The Morgan fingerprint density at radius 2 is 1.44 bits per heavy atom. The molecular formula is C46H37N3S. The molecule has 0 amide bonds. The maximum Gasteiger partial charge on any atom is 0.128 e. The fourth-order valence-corrected chi connectivity index (χ4v) is 8.96. The molecule has 6 aromatic carbocycles. The lowest BCUT2D eigenvalue weighted by molar-refractivity contribution is 0.702. The van der Waals surface area contributed by atoms with Gasteiger partial charge in [-0.2, -0.15) is 0 Å². The Morgan fingerprint density at radius 3 is 2.24 bits per heavy atom. The highest BCUT2D eigenvalue weighted by Gasteiger charge is 2.41. The predicted molar refractivity (Wildman–Crippen MR) is 211 cm³/mol. The Kier molecular flexibility index (Phi) is 7.74. The molecule has 0 saturated heterocycles. The molecule has 9 rings (SSSR count). The monoisotopic (exact) mass is 663 g/mol. The Hall–Kier alpha value is -5.58. The van der Waals surface area contributed by atoms with E-state index in [1.807, 2.05) is 11.8 Å². The summed E-state index contributed by atoms with van der Waals surface area (Å²) in [4.78, 5) is 6.53. The third-order valence-electron chi connectivity index (χ3n) is 10.1. The minimum absolute atomic E-state index is 0.0280. The summed E-state index contributed by atoms with van der Waals surface area (Å²) in [6.07, 6.45) is 9.15. The molecule has 0 radical (unpaired) electrons. The van der Waals surface area contributed by atoms with Gasteiger partial charge in [-0.15, -0.1) is 11.8 Å². The molecule has 0 fully saturated rings. The van der Waals surface area contributed by atoms with Gasteiger partial charge < -0.3 is 9.88 Å². The van der Waals surface area contributed by atoms with E-state index in [9.17, 15) is 0 Å². The third kappa shape index (κ3) is 5.56. The second-order valence-electron chi connectivity index (χ2n) is 13.4. The molecule has 2 heterocycles. The van der Waals surface area contributed by atoms with E-state index in [2.05, 4.69) is 187 Å². The second kappa shape index (κ2) is 12.7. The molecule has 242 valence electrons. The number of amidine groups is 1. The number of allylic oxidation sites excluding steroid dienone is 3. The maximum atomic E-state index is 5.15. The largest absolute Gasteiger partial charge is 0.366 e. The predicted octanol–water partition coefficient (Wildman–Crippen LogP) is 11.3. The number of aliphatic imine (C=N–C) groups is 1. The van der Waals surface area contributed by atoms with Crippen molar-refractivity contribution in [1.29, 1.82) is 0 Å². The van der Waals surface area contributed by atoms with Crippen molar-refractivity contribution in [3.05, 3.63) is 192 Å². The van der Waals surface area contributed by atoms with Crippen LogP contribution in [0.5, 0.6) is 0 Å². The van der Waals surface area contributed by atoms with E-state index in [4.69, 9.17) is 4.99 Å². The number of rotatable bonds is 7. The summed E-state index contributed by atoms with van der Waals surface area (Å²) in [5.74, 6) is 1.23. The van der Waals surface area contributed by atoms with Gasteiger partial charge in [0.1, 0.15) is 5.84 Å². The average molecular weight is 664 g/mol. The zero-order valence-corrected chi connectivity index (χ0v) is 28.8. The lowest BCUT2D eigenvalue weighted by atomic mass is 9.83. The molecule has 4 heteroatoms. The van der Waals surface area contributed by atoms with E-state index < -0.39 is 0 Å². The van der Waals surface area contributed by atoms with Gasteiger partial charge >= 0.3 is 0 Å². The number of thioether (sulfide) groups is 1. The highest BCUT2D eigenvalue weighted by molar-refractivity contribution is 8.01. The molecule has 0 bridgehead atoms. The molecule has 50 heavy (non-hydrogen) atoms. The molecular weight excluding hydrogens is 627 g/mol. The van der Waals surface area contributed by atoms with Crippen LogP contribution in [0.25, 0.3) is 38.6 Å². The highest BCUT2D eigenvalue weighted by atomic mass is 32.2. The van der Waals surface area contributed by atoms with Crippen molar-refractivity contribution in [2.45, 2.75) is 35.6 Å². The van der Waals surface area contributed by atoms with Gasteiger partial charge in [-0.1, -0.05) is 133 Å². The van der Waals surface area contributed by atoms with Crippen molar-refractivity contribution in [2.75, 3.05) is 0 Å². The van der Waals surface area contributed by atoms with Crippen LogP contribution in [0.2, 0.25) is 0 Å². The fraction of sp³-hybridized carbons (Fsp3) is 0.109. The van der Waals surface area contributed by atoms with Gasteiger partial charge in [-0.3, -0.25) is 4.99 Å². The molecule has 1 aliphatic heterocycles. The number of hydrogen-bond acceptors (Lipinski definition) is 2. The van der Waals surface area contributed by atoms with Gasteiger partial charge in [-0.05, 0) is 71.1 Å². The van der Waals surface area contributed by atoms with Crippen LogP contribution >= 0.6 is 11.8 Å². The van der Waals surface area contributed by atoms with Crippen LogP contribution in [-0.2, 0) is 13.1 Å². The molecule has 1 aromatic heterocycles. The lowest BCUT2D eigenvalue weighted by Crippen LogP contribution is -2.24. The smallest absolute Gasteiger partial charge is 0.128 e. The van der Waals surface area contributed by atoms with Crippen molar-refractivity contribution < 1.29 is 0 Å². The molecule has 1 aliphatic carbocycles. The molecule has 1 N–H and O–H groups in total. The molecule has 2 aliphatic rings. The summed E-state index contributed by atoms with van der Waals surface area (Å²) >= 11 is 1.99. The molecule has 2 unspecified atom stereocenters. The molecule has 3 nitrogen and oxygen atoms in total. The van der Waals surface area contributed by atoms with Crippen molar-refractivity contribution in [1.82, 2.24) is 9.88 Å². The third-order valence-corrected chi connectivity index (χ3v) is 11.5. The Morgan fingerprint density at radius 1 is 0.700 bits per heavy atom. The SMILES string of the molecule is CC12C=CC=CC1c1cc3c(cc1S2)c1cc(-c2ccccc2)ccc1n3-c1cccc(C(=NCc2ccccc2)NCc2ccccc2)c1. The first-order valence-electron chi connectivity index (χ1n) is 17.3. The van der Waals surface area contributed by atoms with Crippen LogP contribution in [0.1, 0.15) is 35.1 Å². The van der Waals surface area contributed by atoms with Crippen molar-refractivity contribution >= 4 is 39.4 Å². The van der Waals surface area contributed by atoms with Crippen LogP contribution < -0.4 is 5.32 Å². The van der Waals surface area contributed by atoms with E-state index >= 15 is 0 Å². The molecule has 2 atom stereocenters. The van der Waals surface area contributed by atoms with Gasteiger partial charge in [0.05, 0.1) is 17.6 Å². The molecule has 0 saturated carbocycles. The molecule has 7 aromatic rings. The Labute approximate surface area is 297 Å². The minimum Gasteiger partial charge on any atom is -0.366 e. The number of hydrogen-bond donors (Lipinski definition) is 1. The normalized spacial score (nSPS) is 18.0. The van der Waals surface area contributed by atoms with E-state index in [-0.39, 0.29) is 4.75 Å². The number of fused-ring (bicyclic) bond motifs is 6. The maximum absolute atomic E-state index is 5.15. The topological polar surface area (TPSA) is 29.3 Å². The van der Waals surface area contributed by atoms with Crippen LogP contribution in [0.4, 0.5) is 0 Å². The Bertz CT molecular complexity index is 2440. The van der Waals surface area contributed by atoms with E-state index in [0.717, 1.165) is 17.1 Å². The van der Waals surface area contributed by atoms with Crippen LogP contribution in [0.3, 0.4) is 0 Å². The summed E-state index contributed by atoms with van der Waals surface area (Å²) < 4.78 is 2.48. The van der Waals surface area contributed by atoms with Gasteiger partial charge in [0.2, 0.25) is 0 Å². The zero-order valence-electron chi connectivity index (χ0n) is 28.0. The van der Waals surface area contributed by atoms with E-state index in [1.54, 1.807) is 0 Å². The van der Waals surface area contributed by atoms with Crippen molar-refractivity contribution in [3.63, 3.8) is 0 Å². The summed E-state index contributed by atoms with van der Waals surface area (Å²) in [6, 6.07) is 52.4. The summed E-state index contributed by atoms with van der Waals surface area (Å²) in [6.45, 7) is 3.67. The highest BCUT2D eigenvalue weighted by Crippen LogP contribution is 2.57. The van der Waals surface area contributed by atoms with Gasteiger partial charge in [0.25, 0.3) is 0 Å². The van der Waals surface area contributed by atoms with Crippen LogP contribution in [-0.4, -0.2) is 15.1 Å². The Balaban J connectivity index is 1.20. The summed E-state index contributed by atoms with van der Waals surface area (Å²) in [5, 5.41) is 6.24. The zero-order chi connectivity index (χ0) is 33.5. The fourth-order valence-electron chi connectivity index (χ4n) is 7.52. The van der Waals surface area contributed by atoms with Crippen molar-refractivity contribution in [2.24, 2.45) is 4.99 Å². The van der Waals surface area contributed by atoms with Crippen LogP contribution in [0, 0.1) is 0 Å². The molecule has 0 spiro atoms. The van der Waals surface area contributed by atoms with Gasteiger partial charge in [-0.25, -0.2) is 0 Å². The number of benzene rings is 6. The first kappa shape index (κ1) is 30.5. The van der Waals surface area contributed by atoms with E-state index in [1.165, 1.54) is 54.5 Å². The number of nitrogens with one attached hydrogen (secondary N) is 1. The minimum atomic E-state index is 0.0280. The average Bonchev–Trinajstić information content (AvgIpc) is 3.65. The second-order valence-corrected chi connectivity index (χ2v) is 14.9. The van der Waals surface area contributed by atoms with Gasteiger partial charge in [0.15, 0.2) is 0 Å². The number of nitrogens with zero attached hydrogens (tertiary/aromatic N) is 2. The van der Waals surface area contributed by atoms with E-state index in [0.29, 0.717) is 19.0 Å². The van der Waals surface area contributed by atoms with Crippen molar-refractivity contribution in [3.8, 4) is 16.8 Å². The summed E-state index contributed by atoms with van der Waals surface area (Å²) in [5.41, 5.74) is 10.9. The lowest BCUT2D eigenvalue weighted by Gasteiger charge is -2.27. The number of aromatic nitrogens is 1. The first-order valence-corrected chi connectivity index (χ1v) is 18.1.